The second kappa shape index (κ2) is 7.34. The van der Waals surface area contributed by atoms with Crippen molar-refractivity contribution in [3.8, 4) is 17.2 Å². The third-order valence-corrected chi connectivity index (χ3v) is 7.61. The summed E-state index contributed by atoms with van der Waals surface area (Å²) in [6.07, 6.45) is 12.5. The molecule has 0 atom stereocenters. The fraction of sp³-hybridized carbons (Fsp3) is 0.333. The van der Waals surface area contributed by atoms with Crippen LogP contribution in [0.1, 0.15) is 65.3 Å². The Kier molecular flexibility index (Phi) is 4.31. The maximum absolute atomic E-state index is 14.9. The molecule has 2 saturated carbocycles. The molecule has 8 heteroatoms. The molecule has 3 aromatic heterocycles. The van der Waals surface area contributed by atoms with E-state index < -0.39 is 11.7 Å². The van der Waals surface area contributed by atoms with Crippen molar-refractivity contribution in [2.45, 2.75) is 56.9 Å². The van der Waals surface area contributed by atoms with Crippen LogP contribution < -0.4 is 5.32 Å². The van der Waals surface area contributed by atoms with Gasteiger partial charge in [0.05, 0.1) is 23.3 Å². The van der Waals surface area contributed by atoms with E-state index >= 15 is 0 Å². The van der Waals surface area contributed by atoms with Gasteiger partial charge in [0, 0.05) is 29.5 Å². The molecule has 0 bridgehead atoms. The topological polar surface area (TPSA) is 77.6 Å². The summed E-state index contributed by atoms with van der Waals surface area (Å²) in [7, 11) is 0. The van der Waals surface area contributed by atoms with Crippen LogP contribution in [0.15, 0.2) is 49.1 Å². The standard InChI is InChI=1S/C27H25FN6O/c1-16-11-20(28)19(12-23(16)33-14-22(30-15-33)17-5-6-17)26(35)32-24-4-2-3-21(31-24)25-29-13-18-7-8-27(9-10-27)34(18)25/h2-4,11-15,17H,5-10H2,1H3,(H,31,32,35). The predicted octanol–water partition coefficient (Wildman–Crippen LogP) is 5.14. The summed E-state index contributed by atoms with van der Waals surface area (Å²) in [5.41, 5.74) is 4.64. The van der Waals surface area contributed by atoms with Crippen molar-refractivity contribution < 1.29 is 9.18 Å². The highest BCUT2D eigenvalue weighted by Gasteiger charge is 2.50. The van der Waals surface area contributed by atoms with Crippen molar-refractivity contribution in [3.05, 3.63) is 77.4 Å². The van der Waals surface area contributed by atoms with E-state index in [1.54, 1.807) is 18.5 Å². The number of carbonyl (C=O) groups is 1. The third-order valence-electron chi connectivity index (χ3n) is 7.61. The smallest absolute Gasteiger partial charge is 0.259 e. The van der Waals surface area contributed by atoms with Crippen LogP contribution in [0.2, 0.25) is 0 Å². The number of hydrogen-bond donors (Lipinski definition) is 1. The van der Waals surface area contributed by atoms with E-state index in [0.717, 1.165) is 48.5 Å². The predicted molar refractivity (Wildman–Crippen MR) is 129 cm³/mol. The molecule has 0 saturated heterocycles. The van der Waals surface area contributed by atoms with Gasteiger partial charge in [-0.15, -0.1) is 0 Å². The van der Waals surface area contributed by atoms with Gasteiger partial charge < -0.3 is 14.5 Å². The summed E-state index contributed by atoms with van der Waals surface area (Å²) in [5, 5.41) is 2.79. The van der Waals surface area contributed by atoms with Gasteiger partial charge in [0.1, 0.15) is 17.3 Å². The van der Waals surface area contributed by atoms with Gasteiger partial charge in [-0.2, -0.15) is 0 Å². The maximum Gasteiger partial charge on any atom is 0.259 e. The van der Waals surface area contributed by atoms with Crippen LogP contribution in [0.25, 0.3) is 17.2 Å². The molecule has 176 valence electrons. The van der Waals surface area contributed by atoms with Gasteiger partial charge in [-0.25, -0.2) is 19.3 Å². The lowest BCUT2D eigenvalue weighted by molar-refractivity contribution is 0.102. The first-order valence-electron chi connectivity index (χ1n) is 12.2. The van der Waals surface area contributed by atoms with Crippen molar-refractivity contribution in [2.75, 3.05) is 5.32 Å². The number of aryl methyl sites for hydroxylation is 2. The average Bonchev–Trinajstić information content (AvgIpc) is 3.71. The van der Waals surface area contributed by atoms with E-state index in [2.05, 4.69) is 24.8 Å². The molecule has 1 N–H and O–H groups in total. The lowest BCUT2D eigenvalue weighted by atomic mass is 10.1. The summed E-state index contributed by atoms with van der Waals surface area (Å²) < 4.78 is 19.1. The van der Waals surface area contributed by atoms with Gasteiger partial charge in [-0.1, -0.05) is 6.07 Å². The molecule has 7 rings (SSSR count). The summed E-state index contributed by atoms with van der Waals surface area (Å²) in [6.45, 7) is 1.83. The Balaban J connectivity index is 1.18. The van der Waals surface area contributed by atoms with Gasteiger partial charge in [-0.05, 0) is 75.3 Å². The number of pyridine rings is 1. The zero-order valence-corrected chi connectivity index (χ0v) is 19.5. The fourth-order valence-corrected chi connectivity index (χ4v) is 5.35. The summed E-state index contributed by atoms with van der Waals surface area (Å²) in [5.74, 6) is 0.616. The monoisotopic (exact) mass is 468 g/mol. The second-order valence-electron chi connectivity index (χ2n) is 10.1. The minimum absolute atomic E-state index is 0.0295. The first kappa shape index (κ1) is 20.6. The van der Waals surface area contributed by atoms with E-state index in [-0.39, 0.29) is 11.1 Å². The Bertz CT molecular complexity index is 1490. The first-order chi connectivity index (χ1) is 17.0. The van der Waals surface area contributed by atoms with Gasteiger partial charge in [0.2, 0.25) is 0 Å². The van der Waals surface area contributed by atoms with E-state index in [9.17, 15) is 9.18 Å². The van der Waals surface area contributed by atoms with Crippen LogP contribution in [0, 0.1) is 12.7 Å². The van der Waals surface area contributed by atoms with Gasteiger partial charge in [0.15, 0.2) is 5.82 Å². The Labute approximate surface area is 202 Å². The lowest BCUT2D eigenvalue weighted by Crippen LogP contribution is -2.16. The van der Waals surface area contributed by atoms with Gasteiger partial charge >= 0.3 is 0 Å². The number of carbonyl (C=O) groups excluding carboxylic acids is 1. The molecule has 0 unspecified atom stereocenters. The zero-order chi connectivity index (χ0) is 23.7. The van der Waals surface area contributed by atoms with Crippen molar-refractivity contribution in [2.24, 2.45) is 0 Å². The molecule has 4 aromatic rings. The molecule has 7 nitrogen and oxygen atoms in total. The van der Waals surface area contributed by atoms with Crippen molar-refractivity contribution in [1.82, 2.24) is 24.1 Å². The highest BCUT2D eigenvalue weighted by Crippen LogP contribution is 2.53. The Morgan fingerprint density at radius 1 is 1.17 bits per heavy atom. The molecular formula is C27H25FN6O. The number of hydrogen-bond acceptors (Lipinski definition) is 4. The lowest BCUT2D eigenvalue weighted by Gasteiger charge is -2.14. The quantitative estimate of drug-likeness (QED) is 0.440. The van der Waals surface area contributed by atoms with Crippen LogP contribution in [-0.4, -0.2) is 30.0 Å². The molecule has 4 heterocycles. The molecule has 1 spiro atoms. The Morgan fingerprint density at radius 3 is 2.83 bits per heavy atom. The number of aromatic nitrogens is 5. The van der Waals surface area contributed by atoms with Gasteiger partial charge in [0.25, 0.3) is 5.91 Å². The number of amides is 1. The molecule has 0 radical (unpaired) electrons. The van der Waals surface area contributed by atoms with Crippen molar-refractivity contribution in [1.29, 1.82) is 0 Å². The summed E-state index contributed by atoms with van der Waals surface area (Å²) >= 11 is 0. The molecule has 3 aliphatic rings. The molecule has 1 aromatic carbocycles. The number of anilines is 1. The van der Waals surface area contributed by atoms with Crippen LogP contribution in [0.4, 0.5) is 10.2 Å². The van der Waals surface area contributed by atoms with E-state index in [4.69, 9.17) is 0 Å². The molecule has 1 aliphatic heterocycles. The summed E-state index contributed by atoms with van der Waals surface area (Å²) in [6, 6.07) is 8.44. The van der Waals surface area contributed by atoms with Gasteiger partial charge in [-0.3, -0.25) is 4.79 Å². The second-order valence-corrected chi connectivity index (χ2v) is 10.1. The van der Waals surface area contributed by atoms with Crippen LogP contribution in [0.3, 0.4) is 0 Å². The highest BCUT2D eigenvalue weighted by molar-refractivity contribution is 6.04. The van der Waals surface area contributed by atoms with E-state index in [1.165, 1.54) is 24.6 Å². The SMILES string of the molecule is Cc1cc(F)c(C(=O)Nc2cccc(-c3ncc4n3C3(CC4)CC3)n2)cc1-n1cnc(C2CC2)c1. The molecule has 2 aliphatic carbocycles. The molecule has 2 fully saturated rings. The average molecular weight is 469 g/mol. The van der Waals surface area contributed by atoms with E-state index in [1.807, 2.05) is 36.0 Å². The molecule has 1 amide bonds. The Morgan fingerprint density at radius 2 is 2.03 bits per heavy atom. The number of halogens is 1. The number of nitrogens with one attached hydrogen (secondary N) is 1. The summed E-state index contributed by atoms with van der Waals surface area (Å²) in [4.78, 5) is 26.9. The first-order valence-corrected chi connectivity index (χ1v) is 12.2. The minimum atomic E-state index is -0.566. The molecular weight excluding hydrogens is 443 g/mol. The fourth-order valence-electron chi connectivity index (χ4n) is 5.35. The molecule has 35 heavy (non-hydrogen) atoms. The van der Waals surface area contributed by atoms with Crippen LogP contribution >= 0.6 is 0 Å². The Hall–Kier alpha value is -3.81. The van der Waals surface area contributed by atoms with Crippen LogP contribution in [0.5, 0.6) is 0 Å². The normalized spacial score (nSPS) is 17.5. The third kappa shape index (κ3) is 3.38. The van der Waals surface area contributed by atoms with Crippen LogP contribution in [-0.2, 0) is 12.0 Å². The largest absolute Gasteiger partial charge is 0.321 e. The number of nitrogens with zero attached hydrogens (tertiary/aromatic N) is 5. The number of rotatable bonds is 5. The number of fused-ring (bicyclic) bond motifs is 2. The number of imidazole rings is 2. The van der Waals surface area contributed by atoms with E-state index in [0.29, 0.717) is 17.4 Å². The number of benzene rings is 1. The minimum Gasteiger partial charge on any atom is -0.321 e. The highest BCUT2D eigenvalue weighted by atomic mass is 19.1. The maximum atomic E-state index is 14.9. The van der Waals surface area contributed by atoms with Crippen molar-refractivity contribution in [3.63, 3.8) is 0 Å². The zero-order valence-electron chi connectivity index (χ0n) is 19.5. The van der Waals surface area contributed by atoms with Crippen molar-refractivity contribution >= 4 is 11.7 Å².